The van der Waals surface area contributed by atoms with Crippen LogP contribution in [0.2, 0.25) is 0 Å². The van der Waals surface area contributed by atoms with Crippen molar-refractivity contribution in [1.82, 2.24) is 15.0 Å². The normalized spacial score (nSPS) is 14.4. The number of aryl methyl sites for hydroxylation is 1. The molecule has 36 heavy (non-hydrogen) atoms. The van der Waals surface area contributed by atoms with Gasteiger partial charge in [-0.25, -0.2) is 19.7 Å². The standard InChI is InChI=1S/C26H21F3N4O2S/c1-15-11-17(13-19(12-15)32-24-30-10-7-21(33-24)26(27,28)29)20-14-31-23(36-20)25(8-9-25)18-5-3-16(4-6-18)22(34)35-2/h3-7,10-14H,8-9H2,1-2H3,(H,30,32,33). The van der Waals surface area contributed by atoms with Crippen LogP contribution in [-0.4, -0.2) is 28.0 Å². The van der Waals surface area contributed by atoms with E-state index in [1.807, 2.05) is 43.5 Å². The highest BCUT2D eigenvalue weighted by Crippen LogP contribution is 2.55. The van der Waals surface area contributed by atoms with Crippen molar-refractivity contribution in [3.05, 3.63) is 88.3 Å². The van der Waals surface area contributed by atoms with Crippen molar-refractivity contribution in [1.29, 1.82) is 0 Å². The Hall–Kier alpha value is -3.79. The van der Waals surface area contributed by atoms with Crippen LogP contribution in [0.25, 0.3) is 10.4 Å². The molecular formula is C26H21F3N4O2S. The van der Waals surface area contributed by atoms with E-state index in [0.717, 1.165) is 51.7 Å². The van der Waals surface area contributed by atoms with E-state index in [0.29, 0.717) is 11.3 Å². The number of nitrogens with zero attached hydrogens (tertiary/aromatic N) is 3. The fraction of sp³-hybridized carbons (Fsp3) is 0.231. The maximum absolute atomic E-state index is 13.0. The monoisotopic (exact) mass is 510 g/mol. The largest absolute Gasteiger partial charge is 0.465 e. The Morgan fingerprint density at radius 2 is 1.83 bits per heavy atom. The predicted molar refractivity (Wildman–Crippen MR) is 130 cm³/mol. The molecule has 2 heterocycles. The Bertz CT molecular complexity index is 1430. The molecule has 1 aliphatic rings. The molecule has 0 atom stereocenters. The van der Waals surface area contributed by atoms with E-state index in [9.17, 15) is 18.0 Å². The Balaban J connectivity index is 1.40. The van der Waals surface area contributed by atoms with Crippen LogP contribution in [0.3, 0.4) is 0 Å². The summed E-state index contributed by atoms with van der Waals surface area (Å²) in [6.07, 6.45) is 0.282. The second kappa shape index (κ2) is 9.02. The number of hydrogen-bond donors (Lipinski definition) is 1. The molecule has 0 bridgehead atoms. The average Bonchev–Trinajstić information content (AvgIpc) is 3.51. The number of aromatic nitrogens is 3. The van der Waals surface area contributed by atoms with Crippen LogP contribution in [0, 0.1) is 6.92 Å². The van der Waals surface area contributed by atoms with E-state index in [4.69, 9.17) is 9.72 Å². The van der Waals surface area contributed by atoms with Gasteiger partial charge in [-0.15, -0.1) is 11.3 Å². The lowest BCUT2D eigenvalue weighted by Crippen LogP contribution is -2.10. The molecule has 5 rings (SSSR count). The second-order valence-corrected chi connectivity index (χ2v) is 9.69. The van der Waals surface area contributed by atoms with E-state index in [2.05, 4.69) is 15.3 Å². The number of benzene rings is 2. The number of ether oxygens (including phenoxy) is 1. The Labute approximate surface area is 209 Å². The van der Waals surface area contributed by atoms with Gasteiger partial charge in [0.2, 0.25) is 5.95 Å². The lowest BCUT2D eigenvalue weighted by molar-refractivity contribution is -0.141. The molecule has 4 aromatic rings. The molecule has 0 spiro atoms. The lowest BCUT2D eigenvalue weighted by atomic mass is 9.95. The molecule has 1 saturated carbocycles. The lowest BCUT2D eigenvalue weighted by Gasteiger charge is -2.13. The maximum atomic E-state index is 13.0. The number of methoxy groups -OCH3 is 1. The van der Waals surface area contributed by atoms with Crippen LogP contribution in [-0.2, 0) is 16.3 Å². The fourth-order valence-electron chi connectivity index (χ4n) is 4.13. The molecule has 184 valence electrons. The smallest absolute Gasteiger partial charge is 0.433 e. The first-order valence-electron chi connectivity index (χ1n) is 11.1. The van der Waals surface area contributed by atoms with Gasteiger partial charge < -0.3 is 10.1 Å². The summed E-state index contributed by atoms with van der Waals surface area (Å²) in [7, 11) is 1.36. The fourth-order valence-corrected chi connectivity index (χ4v) is 5.30. The molecule has 2 aromatic carbocycles. The highest BCUT2D eigenvalue weighted by Gasteiger charge is 2.48. The molecule has 0 aliphatic heterocycles. The number of carbonyl (C=O) groups is 1. The molecule has 1 N–H and O–H groups in total. The van der Waals surface area contributed by atoms with Crippen LogP contribution < -0.4 is 5.32 Å². The quantitative estimate of drug-likeness (QED) is 0.297. The summed E-state index contributed by atoms with van der Waals surface area (Å²) in [5.41, 5.74) is 2.83. The molecular weight excluding hydrogens is 489 g/mol. The Morgan fingerprint density at radius 3 is 2.50 bits per heavy atom. The van der Waals surface area contributed by atoms with Crippen molar-refractivity contribution in [3.63, 3.8) is 0 Å². The Morgan fingerprint density at radius 1 is 1.08 bits per heavy atom. The van der Waals surface area contributed by atoms with E-state index in [1.165, 1.54) is 7.11 Å². The van der Waals surface area contributed by atoms with Crippen molar-refractivity contribution in [3.8, 4) is 10.4 Å². The van der Waals surface area contributed by atoms with Crippen molar-refractivity contribution >= 4 is 28.9 Å². The van der Waals surface area contributed by atoms with Crippen molar-refractivity contribution in [2.45, 2.75) is 31.4 Å². The van der Waals surface area contributed by atoms with E-state index in [1.54, 1.807) is 23.5 Å². The minimum Gasteiger partial charge on any atom is -0.465 e. The molecule has 10 heteroatoms. The molecule has 0 amide bonds. The van der Waals surface area contributed by atoms with Crippen molar-refractivity contribution < 1.29 is 22.7 Å². The summed E-state index contributed by atoms with van der Waals surface area (Å²) >= 11 is 1.58. The van der Waals surface area contributed by atoms with E-state index >= 15 is 0 Å². The van der Waals surface area contributed by atoms with Gasteiger partial charge in [0.1, 0.15) is 10.7 Å². The molecule has 0 radical (unpaired) electrons. The van der Waals surface area contributed by atoms with Gasteiger partial charge in [0.05, 0.1) is 17.6 Å². The minimum absolute atomic E-state index is 0.126. The molecule has 0 unspecified atom stereocenters. The second-order valence-electron chi connectivity index (χ2n) is 8.66. The number of carbonyl (C=O) groups excluding carboxylic acids is 1. The first-order valence-corrected chi connectivity index (χ1v) is 11.9. The summed E-state index contributed by atoms with van der Waals surface area (Å²) in [5.74, 6) is -0.499. The van der Waals surface area contributed by atoms with Gasteiger partial charge in [0.15, 0.2) is 0 Å². The van der Waals surface area contributed by atoms with Crippen LogP contribution in [0.1, 0.15) is 45.0 Å². The minimum atomic E-state index is -4.55. The summed E-state index contributed by atoms with van der Waals surface area (Å²) in [6.45, 7) is 1.91. The van der Waals surface area contributed by atoms with Crippen LogP contribution in [0.5, 0.6) is 0 Å². The van der Waals surface area contributed by atoms with Gasteiger partial charge in [0.25, 0.3) is 0 Å². The first-order chi connectivity index (χ1) is 17.2. The third kappa shape index (κ3) is 4.68. The van der Waals surface area contributed by atoms with Gasteiger partial charge >= 0.3 is 12.1 Å². The van der Waals surface area contributed by atoms with Gasteiger partial charge in [-0.2, -0.15) is 13.2 Å². The number of anilines is 2. The Kier molecular flexibility index (Phi) is 5.99. The van der Waals surface area contributed by atoms with Crippen molar-refractivity contribution in [2.75, 3.05) is 12.4 Å². The SMILES string of the molecule is COC(=O)c1ccc(C2(c3ncc(-c4cc(C)cc(Nc5nccc(C(F)(F)F)n5)c4)s3)CC2)cc1. The molecule has 2 aromatic heterocycles. The van der Waals surface area contributed by atoms with Gasteiger partial charge in [0, 0.05) is 23.5 Å². The molecule has 6 nitrogen and oxygen atoms in total. The third-order valence-corrected chi connectivity index (χ3v) is 7.34. The number of hydrogen-bond acceptors (Lipinski definition) is 7. The van der Waals surface area contributed by atoms with E-state index in [-0.39, 0.29) is 17.3 Å². The number of nitrogens with one attached hydrogen (secondary N) is 1. The number of rotatable bonds is 6. The summed E-state index contributed by atoms with van der Waals surface area (Å²) in [5, 5.41) is 3.87. The zero-order valence-corrected chi connectivity index (χ0v) is 20.2. The molecule has 1 fully saturated rings. The van der Waals surface area contributed by atoms with Crippen LogP contribution in [0.15, 0.2) is 60.9 Å². The molecule has 1 aliphatic carbocycles. The summed E-state index contributed by atoms with van der Waals surface area (Å²) < 4.78 is 43.8. The third-order valence-electron chi connectivity index (χ3n) is 6.09. The average molecular weight is 511 g/mol. The summed E-state index contributed by atoms with van der Waals surface area (Å²) in [4.78, 5) is 24.9. The van der Waals surface area contributed by atoms with Crippen LogP contribution in [0.4, 0.5) is 24.8 Å². The number of alkyl halides is 3. The van der Waals surface area contributed by atoms with Gasteiger partial charge in [-0.1, -0.05) is 18.2 Å². The van der Waals surface area contributed by atoms with Gasteiger partial charge in [-0.3, -0.25) is 0 Å². The first kappa shape index (κ1) is 23.9. The van der Waals surface area contributed by atoms with Gasteiger partial charge in [-0.05, 0) is 66.8 Å². The molecule has 0 saturated heterocycles. The summed E-state index contributed by atoms with van der Waals surface area (Å²) in [6, 6.07) is 13.9. The maximum Gasteiger partial charge on any atom is 0.433 e. The van der Waals surface area contributed by atoms with E-state index < -0.39 is 11.9 Å². The topological polar surface area (TPSA) is 77.0 Å². The highest BCUT2D eigenvalue weighted by molar-refractivity contribution is 7.15. The predicted octanol–water partition coefficient (Wildman–Crippen LogP) is 6.54. The zero-order valence-electron chi connectivity index (χ0n) is 19.4. The van der Waals surface area contributed by atoms with Crippen molar-refractivity contribution in [2.24, 2.45) is 0 Å². The number of esters is 1. The zero-order chi connectivity index (χ0) is 25.5. The van der Waals surface area contributed by atoms with Crippen LogP contribution >= 0.6 is 11.3 Å². The highest BCUT2D eigenvalue weighted by atomic mass is 32.1. The number of thiazole rings is 1. The number of halogens is 3.